The summed E-state index contributed by atoms with van der Waals surface area (Å²) >= 11 is 0. The molecule has 0 amide bonds. The Hall–Kier alpha value is -1.45. The van der Waals surface area contributed by atoms with Crippen molar-refractivity contribution in [1.82, 2.24) is 0 Å². The lowest BCUT2D eigenvalue weighted by atomic mass is 9.97. The first-order chi connectivity index (χ1) is 6.81. The van der Waals surface area contributed by atoms with Crippen LogP contribution in [0.4, 0.5) is 5.69 Å². The molecule has 1 aliphatic rings. The van der Waals surface area contributed by atoms with Crippen LogP contribution in [0.15, 0.2) is 16.9 Å². The molecule has 0 saturated heterocycles. The molecule has 0 aliphatic carbocycles. The molecule has 1 N–H and O–H groups in total. The highest BCUT2D eigenvalue weighted by atomic mass is 16.5. The van der Waals surface area contributed by atoms with Crippen LogP contribution in [0.5, 0.6) is 0 Å². The number of ether oxygens (including phenoxy) is 1. The molecule has 1 aromatic rings. The van der Waals surface area contributed by atoms with Gasteiger partial charge in [-0.3, -0.25) is 4.79 Å². The second kappa shape index (κ2) is 3.74. The molecule has 0 saturated carbocycles. The van der Waals surface area contributed by atoms with Crippen molar-refractivity contribution in [1.29, 1.82) is 0 Å². The van der Waals surface area contributed by atoms with E-state index in [0.717, 1.165) is 11.3 Å². The topological polar surface area (TPSA) is 51.5 Å². The van der Waals surface area contributed by atoms with Gasteiger partial charge in [-0.05, 0) is 13.3 Å². The maximum absolute atomic E-state index is 11.4. The Morgan fingerprint density at radius 3 is 3.36 bits per heavy atom. The zero-order valence-electron chi connectivity index (χ0n) is 8.08. The summed E-state index contributed by atoms with van der Waals surface area (Å²) in [5.41, 5.74) is 2.04. The van der Waals surface area contributed by atoms with Crippen LogP contribution in [0.2, 0.25) is 0 Å². The normalized spacial score (nSPS) is 19.6. The Balaban J connectivity index is 2.04. The lowest BCUT2D eigenvalue weighted by Crippen LogP contribution is -2.30. The number of carbonyl (C=O) groups excluding carboxylic acids is 1. The fourth-order valence-corrected chi connectivity index (χ4v) is 1.63. The van der Waals surface area contributed by atoms with E-state index in [0.29, 0.717) is 19.6 Å². The van der Waals surface area contributed by atoms with Crippen molar-refractivity contribution in [3.8, 4) is 0 Å². The van der Waals surface area contributed by atoms with E-state index in [4.69, 9.17) is 9.15 Å². The molecule has 0 bridgehead atoms. The maximum Gasteiger partial charge on any atom is 0.311 e. The standard InChI is InChI=1S/C10H13NO3/c1-2-14-10(12)7-3-8-5-13-6-9(8)11-4-7/h5-7,11H,2-4H2,1H3. The van der Waals surface area contributed by atoms with Crippen LogP contribution in [0, 0.1) is 5.92 Å². The zero-order valence-corrected chi connectivity index (χ0v) is 8.08. The number of hydrogen-bond donors (Lipinski definition) is 1. The van der Waals surface area contributed by atoms with Crippen LogP contribution in [-0.2, 0) is 16.0 Å². The number of hydrogen-bond acceptors (Lipinski definition) is 4. The molecule has 4 nitrogen and oxygen atoms in total. The van der Waals surface area contributed by atoms with E-state index in [2.05, 4.69) is 5.32 Å². The van der Waals surface area contributed by atoms with E-state index >= 15 is 0 Å². The van der Waals surface area contributed by atoms with Gasteiger partial charge in [0.15, 0.2) is 0 Å². The number of carbonyl (C=O) groups is 1. The van der Waals surface area contributed by atoms with Crippen molar-refractivity contribution < 1.29 is 13.9 Å². The molecular weight excluding hydrogens is 182 g/mol. The van der Waals surface area contributed by atoms with Crippen molar-refractivity contribution in [2.45, 2.75) is 13.3 Å². The van der Waals surface area contributed by atoms with E-state index in [9.17, 15) is 4.79 Å². The molecule has 0 fully saturated rings. The summed E-state index contributed by atoms with van der Waals surface area (Å²) < 4.78 is 10.0. The van der Waals surface area contributed by atoms with Crippen molar-refractivity contribution >= 4 is 11.7 Å². The quantitative estimate of drug-likeness (QED) is 0.725. The molecule has 0 spiro atoms. The Kier molecular flexibility index (Phi) is 2.43. The summed E-state index contributed by atoms with van der Waals surface area (Å²) in [5.74, 6) is -0.216. The molecule has 14 heavy (non-hydrogen) atoms. The van der Waals surface area contributed by atoms with Crippen LogP contribution >= 0.6 is 0 Å². The Morgan fingerprint density at radius 1 is 1.71 bits per heavy atom. The van der Waals surface area contributed by atoms with Gasteiger partial charge in [-0.1, -0.05) is 0 Å². The fourth-order valence-electron chi connectivity index (χ4n) is 1.63. The van der Waals surface area contributed by atoms with E-state index in [1.165, 1.54) is 0 Å². The molecule has 2 heterocycles. The van der Waals surface area contributed by atoms with Gasteiger partial charge >= 0.3 is 5.97 Å². The molecule has 1 atom stereocenters. The molecule has 0 radical (unpaired) electrons. The summed E-state index contributed by atoms with van der Waals surface area (Å²) in [6.45, 7) is 2.89. The molecule has 2 rings (SSSR count). The smallest absolute Gasteiger partial charge is 0.311 e. The van der Waals surface area contributed by atoms with Gasteiger partial charge in [0.1, 0.15) is 6.26 Å². The third-order valence-corrected chi connectivity index (χ3v) is 2.37. The molecule has 1 unspecified atom stereocenters. The van der Waals surface area contributed by atoms with Gasteiger partial charge < -0.3 is 14.5 Å². The number of esters is 1. The second-order valence-corrected chi connectivity index (χ2v) is 3.34. The van der Waals surface area contributed by atoms with E-state index in [1.807, 2.05) is 6.92 Å². The average Bonchev–Trinajstić information content (AvgIpc) is 2.64. The van der Waals surface area contributed by atoms with E-state index in [-0.39, 0.29) is 11.9 Å². The monoisotopic (exact) mass is 195 g/mol. The van der Waals surface area contributed by atoms with Crippen molar-refractivity contribution in [3.63, 3.8) is 0 Å². The van der Waals surface area contributed by atoms with Crippen molar-refractivity contribution in [3.05, 3.63) is 18.1 Å². The lowest BCUT2D eigenvalue weighted by molar-refractivity contribution is -0.147. The van der Waals surface area contributed by atoms with Crippen LogP contribution in [0.25, 0.3) is 0 Å². The largest absolute Gasteiger partial charge is 0.470 e. The van der Waals surface area contributed by atoms with Gasteiger partial charge in [0.25, 0.3) is 0 Å². The van der Waals surface area contributed by atoms with Gasteiger partial charge in [0.05, 0.1) is 24.5 Å². The van der Waals surface area contributed by atoms with Crippen LogP contribution in [0.1, 0.15) is 12.5 Å². The van der Waals surface area contributed by atoms with E-state index < -0.39 is 0 Å². The third-order valence-electron chi connectivity index (χ3n) is 2.37. The Bertz CT molecular complexity index is 332. The SMILES string of the molecule is CCOC(=O)C1CNc2cocc2C1. The number of fused-ring (bicyclic) bond motifs is 1. The van der Waals surface area contributed by atoms with Crippen LogP contribution < -0.4 is 5.32 Å². The minimum atomic E-state index is -0.133. The maximum atomic E-state index is 11.4. The minimum absolute atomic E-state index is 0.0833. The first-order valence-electron chi connectivity index (χ1n) is 4.77. The van der Waals surface area contributed by atoms with Crippen molar-refractivity contribution in [2.75, 3.05) is 18.5 Å². The van der Waals surface area contributed by atoms with Gasteiger partial charge in [-0.2, -0.15) is 0 Å². The van der Waals surface area contributed by atoms with Crippen LogP contribution in [0.3, 0.4) is 0 Å². The van der Waals surface area contributed by atoms with Gasteiger partial charge in [-0.15, -0.1) is 0 Å². The summed E-state index contributed by atoms with van der Waals surface area (Å²) in [7, 11) is 0. The molecule has 1 aliphatic heterocycles. The number of anilines is 1. The highest BCUT2D eigenvalue weighted by Gasteiger charge is 2.26. The number of rotatable bonds is 2. The van der Waals surface area contributed by atoms with Gasteiger partial charge in [0, 0.05) is 12.1 Å². The fraction of sp³-hybridized carbons (Fsp3) is 0.500. The molecule has 0 aromatic carbocycles. The molecule has 76 valence electrons. The number of furan rings is 1. The van der Waals surface area contributed by atoms with Crippen LogP contribution in [-0.4, -0.2) is 19.1 Å². The first-order valence-corrected chi connectivity index (χ1v) is 4.77. The highest BCUT2D eigenvalue weighted by Crippen LogP contribution is 2.25. The number of nitrogens with one attached hydrogen (secondary N) is 1. The lowest BCUT2D eigenvalue weighted by Gasteiger charge is -2.21. The third kappa shape index (κ3) is 1.60. The van der Waals surface area contributed by atoms with Gasteiger partial charge in [0.2, 0.25) is 0 Å². The molecule has 1 aromatic heterocycles. The summed E-state index contributed by atoms with van der Waals surface area (Å²) in [5, 5.41) is 3.14. The second-order valence-electron chi connectivity index (χ2n) is 3.34. The predicted octanol–water partition coefficient (Wildman–Crippen LogP) is 1.43. The minimum Gasteiger partial charge on any atom is -0.470 e. The molecular formula is C10H13NO3. The molecule has 4 heteroatoms. The predicted molar refractivity (Wildman–Crippen MR) is 51.0 cm³/mol. The Morgan fingerprint density at radius 2 is 2.57 bits per heavy atom. The van der Waals surface area contributed by atoms with Gasteiger partial charge in [-0.25, -0.2) is 0 Å². The zero-order chi connectivity index (χ0) is 9.97. The van der Waals surface area contributed by atoms with E-state index in [1.54, 1.807) is 12.5 Å². The highest BCUT2D eigenvalue weighted by molar-refractivity contribution is 5.75. The summed E-state index contributed by atoms with van der Waals surface area (Å²) in [6, 6.07) is 0. The Labute approximate surface area is 82.2 Å². The summed E-state index contributed by atoms with van der Waals surface area (Å²) in [6.07, 6.45) is 4.04. The summed E-state index contributed by atoms with van der Waals surface area (Å²) in [4.78, 5) is 11.4. The van der Waals surface area contributed by atoms with Crippen molar-refractivity contribution in [2.24, 2.45) is 5.92 Å². The average molecular weight is 195 g/mol. The first kappa shape index (κ1) is 9.12.